The molecule has 3 aromatic rings. The van der Waals surface area contributed by atoms with Crippen LogP contribution in [-0.4, -0.2) is 47.4 Å². The first-order valence-electron chi connectivity index (χ1n) is 8.98. The predicted octanol–water partition coefficient (Wildman–Crippen LogP) is 0.895. The number of hydrogen-bond donors (Lipinski definition) is 1. The van der Waals surface area contributed by atoms with Crippen molar-refractivity contribution in [1.82, 2.24) is 20.0 Å². The van der Waals surface area contributed by atoms with Crippen molar-refractivity contribution in [3.8, 4) is 11.5 Å². The highest BCUT2D eigenvalue weighted by Gasteiger charge is 2.22. The zero-order chi connectivity index (χ0) is 21.7. The molecular weight excluding hydrogens is 396 g/mol. The Labute approximate surface area is 170 Å². The van der Waals surface area contributed by atoms with E-state index < -0.39 is 17.4 Å². The molecule has 0 spiro atoms. The molecule has 0 saturated carbocycles. The highest BCUT2D eigenvalue weighted by atomic mass is 16.5. The van der Waals surface area contributed by atoms with E-state index in [1.807, 2.05) is 0 Å². The molecule has 0 bridgehead atoms. The largest absolute Gasteiger partial charge is 0.497 e. The molecule has 158 valence electrons. The number of ether oxygens (including phenoxy) is 3. The first-order valence-corrected chi connectivity index (χ1v) is 8.98. The number of benzene rings is 1. The maximum Gasteiger partial charge on any atom is 0.361 e. The first-order chi connectivity index (χ1) is 14.5. The molecule has 0 saturated heterocycles. The normalized spacial score (nSPS) is 10.6. The number of carbonyl (C=O) groups is 2. The van der Waals surface area contributed by atoms with E-state index in [1.165, 1.54) is 7.11 Å². The Bertz CT molecular complexity index is 1140. The van der Waals surface area contributed by atoms with Gasteiger partial charge in [-0.25, -0.2) is 9.78 Å². The van der Waals surface area contributed by atoms with Crippen LogP contribution in [0.15, 0.2) is 33.8 Å². The van der Waals surface area contributed by atoms with Crippen LogP contribution in [0.2, 0.25) is 0 Å². The summed E-state index contributed by atoms with van der Waals surface area (Å²) in [6, 6.07) is 5.21. The summed E-state index contributed by atoms with van der Waals surface area (Å²) in [5.74, 6) is -0.0633. The molecule has 3 rings (SSSR count). The molecule has 11 nitrogen and oxygen atoms in total. The standard InChI is InChI=1S/C19H20N4O7/c1-4-29-19(26)16-15-17(30-22-16)21-10-23(18(15)25)9-14(24)20-8-11-5-6-12(27-2)7-13(11)28-3/h5-7,10H,4,8-9H2,1-3H3,(H,20,24). The smallest absolute Gasteiger partial charge is 0.361 e. The monoisotopic (exact) mass is 416 g/mol. The summed E-state index contributed by atoms with van der Waals surface area (Å²) in [6.45, 7) is 1.60. The molecule has 30 heavy (non-hydrogen) atoms. The summed E-state index contributed by atoms with van der Waals surface area (Å²) in [4.78, 5) is 40.9. The Morgan fingerprint density at radius 3 is 2.73 bits per heavy atom. The molecule has 0 aliphatic carbocycles. The van der Waals surface area contributed by atoms with Crippen LogP contribution in [0.1, 0.15) is 23.0 Å². The van der Waals surface area contributed by atoms with Crippen molar-refractivity contribution in [2.75, 3.05) is 20.8 Å². The molecule has 0 aliphatic rings. The van der Waals surface area contributed by atoms with Gasteiger partial charge in [0.1, 0.15) is 29.8 Å². The first kappa shape index (κ1) is 20.8. The van der Waals surface area contributed by atoms with Gasteiger partial charge in [0.2, 0.25) is 11.6 Å². The van der Waals surface area contributed by atoms with Crippen LogP contribution in [-0.2, 0) is 22.6 Å². The lowest BCUT2D eigenvalue weighted by Gasteiger charge is -2.11. The third-order valence-corrected chi connectivity index (χ3v) is 4.22. The van der Waals surface area contributed by atoms with E-state index in [4.69, 9.17) is 18.7 Å². The Hall–Kier alpha value is -3.89. The van der Waals surface area contributed by atoms with E-state index in [-0.39, 0.29) is 36.5 Å². The lowest BCUT2D eigenvalue weighted by Crippen LogP contribution is -2.32. The van der Waals surface area contributed by atoms with Gasteiger partial charge in [0.25, 0.3) is 11.3 Å². The van der Waals surface area contributed by atoms with Crippen molar-refractivity contribution < 1.29 is 28.3 Å². The van der Waals surface area contributed by atoms with Crippen molar-refractivity contribution in [1.29, 1.82) is 0 Å². The average Bonchev–Trinajstić information content (AvgIpc) is 3.19. The number of nitrogens with one attached hydrogen (secondary N) is 1. The molecule has 1 aromatic carbocycles. The molecule has 0 fully saturated rings. The summed E-state index contributed by atoms with van der Waals surface area (Å²) in [6.07, 6.45) is 1.15. The minimum Gasteiger partial charge on any atom is -0.497 e. The fourth-order valence-electron chi connectivity index (χ4n) is 2.73. The van der Waals surface area contributed by atoms with Gasteiger partial charge in [0, 0.05) is 18.2 Å². The van der Waals surface area contributed by atoms with Gasteiger partial charge in [-0.2, -0.15) is 0 Å². The fraction of sp³-hybridized carbons (Fsp3) is 0.316. The second-order valence-electron chi connectivity index (χ2n) is 6.06. The van der Waals surface area contributed by atoms with E-state index in [1.54, 1.807) is 32.2 Å². The van der Waals surface area contributed by atoms with Crippen LogP contribution >= 0.6 is 0 Å². The van der Waals surface area contributed by atoms with Gasteiger partial charge < -0.3 is 24.1 Å². The van der Waals surface area contributed by atoms with Crippen molar-refractivity contribution in [3.63, 3.8) is 0 Å². The van der Waals surface area contributed by atoms with Crippen LogP contribution in [0.5, 0.6) is 11.5 Å². The molecule has 1 amide bonds. The van der Waals surface area contributed by atoms with Crippen molar-refractivity contribution >= 4 is 23.0 Å². The lowest BCUT2D eigenvalue weighted by atomic mass is 10.2. The van der Waals surface area contributed by atoms with Gasteiger partial charge in [-0.1, -0.05) is 5.16 Å². The van der Waals surface area contributed by atoms with E-state index in [0.29, 0.717) is 11.5 Å². The molecule has 0 aliphatic heterocycles. The number of fused-ring (bicyclic) bond motifs is 1. The van der Waals surface area contributed by atoms with Gasteiger partial charge >= 0.3 is 5.97 Å². The fourth-order valence-corrected chi connectivity index (χ4v) is 2.73. The third-order valence-electron chi connectivity index (χ3n) is 4.22. The molecular formula is C19H20N4O7. The molecule has 1 N–H and O–H groups in total. The maximum absolute atomic E-state index is 12.7. The molecule has 2 aromatic heterocycles. The van der Waals surface area contributed by atoms with Crippen LogP contribution in [0.3, 0.4) is 0 Å². The van der Waals surface area contributed by atoms with Crippen LogP contribution in [0.4, 0.5) is 0 Å². The number of amides is 1. The molecule has 0 unspecified atom stereocenters. The Balaban J connectivity index is 1.76. The predicted molar refractivity (Wildman–Crippen MR) is 103 cm³/mol. The average molecular weight is 416 g/mol. The molecule has 0 radical (unpaired) electrons. The van der Waals surface area contributed by atoms with Crippen LogP contribution in [0, 0.1) is 0 Å². The molecule has 0 atom stereocenters. The van der Waals surface area contributed by atoms with E-state index in [0.717, 1.165) is 16.5 Å². The zero-order valence-corrected chi connectivity index (χ0v) is 16.6. The minimum absolute atomic E-state index is 0.109. The number of methoxy groups -OCH3 is 2. The Morgan fingerprint density at radius 1 is 1.23 bits per heavy atom. The summed E-state index contributed by atoms with van der Waals surface area (Å²) < 4.78 is 21.3. The van der Waals surface area contributed by atoms with Crippen molar-refractivity contribution in [2.45, 2.75) is 20.0 Å². The van der Waals surface area contributed by atoms with Gasteiger partial charge in [-0.05, 0) is 19.1 Å². The number of carbonyl (C=O) groups excluding carboxylic acids is 2. The van der Waals surface area contributed by atoms with E-state index >= 15 is 0 Å². The Morgan fingerprint density at radius 2 is 2.03 bits per heavy atom. The third kappa shape index (κ3) is 4.24. The summed E-state index contributed by atoms with van der Waals surface area (Å²) in [5, 5.41) is 6.12. The van der Waals surface area contributed by atoms with Gasteiger partial charge in [-0.15, -0.1) is 0 Å². The van der Waals surface area contributed by atoms with Gasteiger partial charge in [-0.3, -0.25) is 14.2 Å². The topological polar surface area (TPSA) is 135 Å². The van der Waals surface area contributed by atoms with Gasteiger partial charge in [0.15, 0.2) is 0 Å². The maximum atomic E-state index is 12.7. The highest BCUT2D eigenvalue weighted by molar-refractivity contribution is 5.99. The summed E-state index contributed by atoms with van der Waals surface area (Å²) >= 11 is 0. The quantitative estimate of drug-likeness (QED) is 0.531. The van der Waals surface area contributed by atoms with E-state index in [9.17, 15) is 14.4 Å². The highest BCUT2D eigenvalue weighted by Crippen LogP contribution is 2.24. The van der Waals surface area contributed by atoms with E-state index in [2.05, 4.69) is 15.5 Å². The SMILES string of the molecule is CCOC(=O)c1noc2ncn(CC(=O)NCc3ccc(OC)cc3OC)c(=O)c12. The zero-order valence-electron chi connectivity index (χ0n) is 16.6. The Kier molecular flexibility index (Phi) is 6.30. The minimum atomic E-state index is -0.802. The number of rotatable bonds is 8. The summed E-state index contributed by atoms with van der Waals surface area (Å²) in [5.41, 5.74) is -0.289. The van der Waals surface area contributed by atoms with Crippen molar-refractivity contribution in [2.24, 2.45) is 0 Å². The van der Waals surface area contributed by atoms with Crippen molar-refractivity contribution in [3.05, 3.63) is 46.1 Å². The van der Waals surface area contributed by atoms with Gasteiger partial charge in [0.05, 0.1) is 20.8 Å². The van der Waals surface area contributed by atoms with Crippen LogP contribution in [0.25, 0.3) is 11.1 Å². The summed E-state index contributed by atoms with van der Waals surface area (Å²) in [7, 11) is 3.06. The number of aromatic nitrogens is 3. The molecule has 2 heterocycles. The second kappa shape index (κ2) is 9.07. The number of esters is 1. The number of hydrogen-bond acceptors (Lipinski definition) is 9. The lowest BCUT2D eigenvalue weighted by molar-refractivity contribution is -0.121. The van der Waals surface area contributed by atoms with Crippen LogP contribution < -0.4 is 20.3 Å². The number of nitrogens with zero attached hydrogens (tertiary/aromatic N) is 3. The second-order valence-corrected chi connectivity index (χ2v) is 6.06. The molecule has 11 heteroatoms.